The fraction of sp³-hybridized carbons (Fsp3) is 0.0597. The monoisotopic (exact) mass is 1780 g/mol. The van der Waals surface area contributed by atoms with Crippen molar-refractivity contribution in [1.82, 2.24) is 19.1 Å². The van der Waals surface area contributed by atoms with Crippen LogP contribution in [0.1, 0.15) is 94.5 Å². The molecule has 0 radical (unpaired) electrons. The van der Waals surface area contributed by atoms with E-state index in [-0.39, 0.29) is 10.8 Å². The second-order valence-corrected chi connectivity index (χ2v) is 41.1. The van der Waals surface area contributed by atoms with Gasteiger partial charge < -0.3 is 9.13 Å². The quantitative estimate of drug-likeness (QED) is 0.142. The lowest BCUT2D eigenvalue weighted by molar-refractivity contribution is 0.660. The van der Waals surface area contributed by atoms with Gasteiger partial charge in [-0.05, 0) is 226 Å². The summed E-state index contributed by atoms with van der Waals surface area (Å²) in [5, 5.41) is 9.31. The summed E-state index contributed by atoms with van der Waals surface area (Å²) in [5.74, 6) is 0. The zero-order chi connectivity index (χ0) is 91.4. The number of hydrogen-bond donors (Lipinski definition) is 0. The van der Waals surface area contributed by atoms with Gasteiger partial charge in [-0.2, -0.15) is 0 Å². The Balaban J connectivity index is 0.636. The number of rotatable bonds is 8. The van der Waals surface area contributed by atoms with Gasteiger partial charge in [-0.3, -0.25) is 0 Å². The second kappa shape index (κ2) is 27.9. The average Bonchev–Trinajstić information content (AvgIpc) is 1.50. The minimum atomic E-state index is -0.635. The molecule has 31 rings (SSSR count). The summed E-state index contributed by atoms with van der Waals surface area (Å²) in [4.78, 5) is 15.2. The molecule has 0 saturated carbocycles. The molecule has 4 aromatic heterocycles. The number of nitrogens with zero attached hydrogens (tertiary/aromatic N) is 4. The Hall–Kier alpha value is -17.0. The van der Waals surface area contributed by atoms with Crippen LogP contribution < -0.4 is 0 Å². The second-order valence-electron chi connectivity index (χ2n) is 40.1. The van der Waals surface area contributed by atoms with E-state index in [4.69, 9.17) is 9.97 Å². The first-order chi connectivity index (χ1) is 68.5. The summed E-state index contributed by atoms with van der Waals surface area (Å²) in [5.41, 5.74) is 51.3. The van der Waals surface area contributed by atoms with Crippen molar-refractivity contribution in [3.8, 4) is 144 Å². The molecule has 139 heavy (non-hydrogen) atoms. The first-order valence-corrected chi connectivity index (χ1v) is 49.6. The van der Waals surface area contributed by atoms with Crippen LogP contribution in [-0.2, 0) is 21.7 Å². The van der Waals surface area contributed by atoms with E-state index in [1.54, 1.807) is 0 Å². The van der Waals surface area contributed by atoms with Crippen LogP contribution in [0.4, 0.5) is 0 Å². The molecule has 21 aromatic carbocycles. The van der Waals surface area contributed by atoms with Crippen LogP contribution in [0.5, 0.6) is 0 Å². The standard InChI is InChI=1S/C134H84N4S/c1-131(2)101-53-19-9-43-91(101)121-97(51-31-59-107(121)131)129-127-128(130(139-129)98-52-32-60-108-122(98)92-44-10-20-54-102(92)132(108,3)4)136-126-100-76-78(80-36-6-8-38-82(80)90-50-30-62-110-120(90)94-46-12-22-56-104(94)134(110)106-58-24-14-48-96(106)124-112(134)64-34-70-118(124)138-115-67-27-17-41-87(115)88-42-18-28-68-116(88)138)72-74-84(100)83-73-71-77(75-99(83)125(126)135-127)79-35-5-7-37-81(79)89-49-29-61-109-119(89)93-45-11-21-55-103(93)133(109)105-57-23-13-47-95(105)123-111(133)63-33-69-117(123)137-113-65-25-15-39-85(113)86-40-16-26-66-114(86)137/h5-76H,1-4H3. The van der Waals surface area contributed by atoms with Gasteiger partial charge in [0.25, 0.3) is 0 Å². The molecule has 4 heterocycles. The maximum absolute atomic E-state index is 6.47. The molecule has 5 heteroatoms. The molecular weight excluding hydrogens is 1700 g/mol. The largest absolute Gasteiger partial charge is 0.309 e. The summed E-state index contributed by atoms with van der Waals surface area (Å²) in [6.07, 6.45) is 0. The van der Waals surface area contributed by atoms with Crippen molar-refractivity contribution in [3.05, 3.63) is 504 Å². The number of para-hydroxylation sites is 4. The Bertz CT molecular complexity index is 9220. The SMILES string of the molecule is CC1(C)c2ccccc2-c2c(-c3sc(-c4cccc5c4-c4ccccc4C5(C)C)c4nc5c6cc(-c7ccccc7-c7cccc8c7-c7ccccc7C87c8ccccc8-c8c(-n9c%10ccccc%10c%10ccccc%109)cccc87)ccc6c6ccc(-c7ccccc7-c7cccc8c7-c7ccccc7C87c8ccccc8-c8c(-n9c%10ccccc%10c%10ccccc%109)cccc87)cc6c5nc34)cccc21. The van der Waals surface area contributed by atoms with E-state index < -0.39 is 10.8 Å². The molecule has 646 valence electrons. The molecule has 0 fully saturated rings. The zero-order valence-corrected chi connectivity index (χ0v) is 77.6. The highest BCUT2D eigenvalue weighted by Gasteiger charge is 2.56. The molecular formula is C134H84N4S. The van der Waals surface area contributed by atoms with Crippen molar-refractivity contribution in [1.29, 1.82) is 0 Å². The normalized spacial score (nSPS) is 15.8. The summed E-state index contributed by atoms with van der Waals surface area (Å²) in [7, 11) is 0. The molecule has 0 saturated heterocycles. The Labute approximate surface area is 808 Å². The van der Waals surface area contributed by atoms with E-state index in [0.29, 0.717) is 0 Å². The van der Waals surface area contributed by atoms with Crippen molar-refractivity contribution < 1.29 is 0 Å². The predicted molar refractivity (Wildman–Crippen MR) is 579 cm³/mol. The van der Waals surface area contributed by atoms with E-state index in [1.807, 2.05) is 11.3 Å². The number of fused-ring (bicyclic) bond motifs is 39. The zero-order valence-electron chi connectivity index (χ0n) is 76.8. The summed E-state index contributed by atoms with van der Waals surface area (Å²) in [6.45, 7) is 9.59. The summed E-state index contributed by atoms with van der Waals surface area (Å²) in [6, 6.07) is 167. The first kappa shape index (κ1) is 77.3. The molecule has 0 bridgehead atoms. The van der Waals surface area contributed by atoms with Crippen LogP contribution in [0, 0.1) is 0 Å². The molecule has 4 nitrogen and oxygen atoms in total. The highest BCUT2D eigenvalue weighted by atomic mass is 32.1. The van der Waals surface area contributed by atoms with E-state index in [2.05, 4.69) is 474 Å². The first-order valence-electron chi connectivity index (χ1n) is 48.8. The minimum Gasteiger partial charge on any atom is -0.309 e. The van der Waals surface area contributed by atoms with E-state index in [9.17, 15) is 0 Å². The van der Waals surface area contributed by atoms with Gasteiger partial charge in [-0.1, -0.05) is 416 Å². The van der Waals surface area contributed by atoms with E-state index >= 15 is 0 Å². The van der Waals surface area contributed by atoms with Crippen molar-refractivity contribution in [3.63, 3.8) is 0 Å². The van der Waals surface area contributed by atoms with E-state index in [0.717, 1.165) is 86.7 Å². The van der Waals surface area contributed by atoms with Crippen molar-refractivity contribution >= 4 is 98.6 Å². The van der Waals surface area contributed by atoms with Gasteiger partial charge in [0.1, 0.15) is 11.0 Å². The van der Waals surface area contributed by atoms with Gasteiger partial charge in [0, 0.05) is 65.4 Å². The van der Waals surface area contributed by atoms with Gasteiger partial charge in [-0.15, -0.1) is 11.3 Å². The molecule has 6 aliphatic carbocycles. The third-order valence-corrected chi connectivity index (χ3v) is 34.2. The number of hydrogen-bond acceptors (Lipinski definition) is 3. The molecule has 25 aromatic rings. The smallest absolute Gasteiger partial charge is 0.109 e. The van der Waals surface area contributed by atoms with Crippen LogP contribution >= 0.6 is 11.3 Å². The van der Waals surface area contributed by atoms with E-state index in [1.165, 1.54) is 211 Å². The van der Waals surface area contributed by atoms with Gasteiger partial charge in [0.05, 0.1) is 65.1 Å². The maximum Gasteiger partial charge on any atom is 0.109 e. The Morgan fingerprint density at radius 1 is 0.180 bits per heavy atom. The minimum absolute atomic E-state index is 0.247. The molecule has 2 atom stereocenters. The lowest BCUT2D eigenvalue weighted by atomic mass is 9.70. The fourth-order valence-electron chi connectivity index (χ4n) is 27.4. The van der Waals surface area contributed by atoms with Crippen LogP contribution in [0.3, 0.4) is 0 Å². The van der Waals surface area contributed by atoms with Gasteiger partial charge in [0.15, 0.2) is 0 Å². The summed E-state index contributed by atoms with van der Waals surface area (Å²) < 4.78 is 5.05. The predicted octanol–water partition coefficient (Wildman–Crippen LogP) is 34.6. The summed E-state index contributed by atoms with van der Waals surface area (Å²) >= 11 is 1.86. The highest BCUT2D eigenvalue weighted by Crippen LogP contribution is 2.69. The molecule has 2 unspecified atom stereocenters. The number of aromatic nitrogens is 4. The maximum atomic E-state index is 6.47. The van der Waals surface area contributed by atoms with Gasteiger partial charge >= 0.3 is 0 Å². The topological polar surface area (TPSA) is 35.6 Å². The number of thiophene rings is 1. The van der Waals surface area contributed by atoms with Gasteiger partial charge in [-0.25, -0.2) is 9.97 Å². The molecule has 2 spiro atoms. The van der Waals surface area contributed by atoms with Crippen LogP contribution in [-0.4, -0.2) is 19.1 Å². The average molecular weight is 1780 g/mol. The Morgan fingerprint density at radius 3 is 0.791 bits per heavy atom. The lowest BCUT2D eigenvalue weighted by Crippen LogP contribution is -2.25. The van der Waals surface area contributed by atoms with Crippen LogP contribution in [0.15, 0.2) is 437 Å². The highest BCUT2D eigenvalue weighted by molar-refractivity contribution is 7.21. The van der Waals surface area contributed by atoms with Crippen LogP contribution in [0.25, 0.3) is 231 Å². The van der Waals surface area contributed by atoms with Crippen LogP contribution in [0.2, 0.25) is 0 Å². The number of benzene rings is 21. The molecule has 0 N–H and O–H groups in total. The molecule has 6 aliphatic rings. The van der Waals surface area contributed by atoms with Crippen molar-refractivity contribution in [2.75, 3.05) is 0 Å². The Morgan fingerprint density at radius 2 is 0.432 bits per heavy atom. The fourth-order valence-corrected chi connectivity index (χ4v) is 28.7. The van der Waals surface area contributed by atoms with Gasteiger partial charge in [0.2, 0.25) is 0 Å². The Kier molecular flexibility index (Phi) is 15.5. The molecule has 0 amide bonds. The molecule has 0 aliphatic heterocycles. The third kappa shape index (κ3) is 9.86. The lowest BCUT2D eigenvalue weighted by Gasteiger charge is -2.30. The van der Waals surface area contributed by atoms with Crippen molar-refractivity contribution in [2.45, 2.75) is 49.4 Å². The van der Waals surface area contributed by atoms with Crippen molar-refractivity contribution in [2.24, 2.45) is 0 Å². The third-order valence-electron chi connectivity index (χ3n) is 33.0.